The maximum absolute atomic E-state index is 9.59. The van der Waals surface area contributed by atoms with Gasteiger partial charge in [0.25, 0.3) is 0 Å². The van der Waals surface area contributed by atoms with E-state index in [1.54, 1.807) is 5.57 Å². The lowest BCUT2D eigenvalue weighted by atomic mass is 9.33. The Bertz CT molecular complexity index is 1080. The van der Waals surface area contributed by atoms with E-state index in [1.165, 1.54) is 83.6 Å². The summed E-state index contributed by atoms with van der Waals surface area (Å²) < 4.78 is 0. The molecule has 6 aliphatic carbocycles. The summed E-state index contributed by atoms with van der Waals surface area (Å²) in [7, 11) is 0. The number of hydrogen-bond acceptors (Lipinski definition) is 2. The van der Waals surface area contributed by atoms with Gasteiger partial charge in [-0.25, -0.2) is 0 Å². The molecule has 2 heteroatoms. The predicted molar refractivity (Wildman–Crippen MR) is 145 cm³/mol. The van der Waals surface area contributed by atoms with Crippen molar-refractivity contribution in [2.45, 2.75) is 129 Å². The quantitative estimate of drug-likeness (QED) is 0.260. The summed E-state index contributed by atoms with van der Waals surface area (Å²) >= 11 is 0. The zero-order valence-electron chi connectivity index (χ0n) is 23.3. The number of hydrogen-bond donors (Lipinski definition) is 1. The Labute approximate surface area is 220 Å². The van der Waals surface area contributed by atoms with E-state index in [4.69, 9.17) is 0 Å². The van der Waals surface area contributed by atoms with E-state index < -0.39 is 0 Å². The van der Waals surface area contributed by atoms with Crippen molar-refractivity contribution < 1.29 is 5.11 Å². The standard InChI is InChI=1S/C34H49NO/c1-23-13-18-33-24(2)20-31-16-6-9-26(31)11-12-29-34(31,21-28(23)33)30(33,3)15-5-4-10-27-25(8-7-19-36)14-17-32(27)22-35(29)32/h24-27,29,36H,6-22H2,1-3H3. The van der Waals surface area contributed by atoms with Crippen molar-refractivity contribution in [1.29, 1.82) is 0 Å². The minimum absolute atomic E-state index is 0.330. The molecule has 1 N–H and O–H groups in total. The van der Waals surface area contributed by atoms with Crippen LogP contribution in [0, 0.1) is 57.2 Å². The van der Waals surface area contributed by atoms with Crippen molar-refractivity contribution in [3.8, 4) is 11.8 Å². The normalized spacial score (nSPS) is 57.8. The minimum Gasteiger partial charge on any atom is -0.396 e. The van der Waals surface area contributed by atoms with Gasteiger partial charge in [0.2, 0.25) is 0 Å². The third-order valence-electron chi connectivity index (χ3n) is 15.2. The molecule has 2 bridgehead atoms. The molecule has 196 valence electrons. The fourth-order valence-corrected chi connectivity index (χ4v) is 14.1. The van der Waals surface area contributed by atoms with Crippen LogP contribution in [-0.2, 0) is 0 Å². The predicted octanol–water partition coefficient (Wildman–Crippen LogP) is 7.12. The number of nitrogens with zero attached hydrogens (tertiary/aromatic N) is 1. The maximum atomic E-state index is 9.59. The molecule has 6 fully saturated rings. The molecule has 2 heterocycles. The van der Waals surface area contributed by atoms with Gasteiger partial charge in [-0.2, -0.15) is 0 Å². The van der Waals surface area contributed by atoms with E-state index in [0.717, 1.165) is 49.0 Å². The molecule has 0 amide bonds. The smallest absolute Gasteiger partial charge is 0.0431 e. The Kier molecular flexibility index (Phi) is 4.65. The van der Waals surface area contributed by atoms with Crippen LogP contribution in [0.2, 0.25) is 0 Å². The van der Waals surface area contributed by atoms with E-state index in [9.17, 15) is 5.11 Å². The Morgan fingerprint density at radius 1 is 1.08 bits per heavy atom. The highest BCUT2D eigenvalue weighted by atomic mass is 16.2. The van der Waals surface area contributed by atoms with Gasteiger partial charge < -0.3 is 5.11 Å². The van der Waals surface area contributed by atoms with E-state index >= 15 is 0 Å². The van der Waals surface area contributed by atoms with Crippen molar-refractivity contribution in [1.82, 2.24) is 4.90 Å². The van der Waals surface area contributed by atoms with Crippen LogP contribution in [-0.4, -0.2) is 34.7 Å². The summed E-state index contributed by atoms with van der Waals surface area (Å²) in [6.07, 6.45) is 20.4. The molecule has 0 radical (unpaired) electrons. The summed E-state index contributed by atoms with van der Waals surface area (Å²) in [6, 6.07) is 0.783. The van der Waals surface area contributed by atoms with Gasteiger partial charge in [0.15, 0.2) is 0 Å². The molecule has 8 rings (SSSR count). The summed E-state index contributed by atoms with van der Waals surface area (Å²) in [5.41, 5.74) is 5.92. The number of aliphatic hydroxyl groups is 1. The topological polar surface area (TPSA) is 23.2 Å². The second-order valence-corrected chi connectivity index (χ2v) is 15.4. The highest BCUT2D eigenvalue weighted by Gasteiger charge is 2.84. The number of rotatable bonds is 3. The van der Waals surface area contributed by atoms with Crippen molar-refractivity contribution in [3.63, 3.8) is 0 Å². The molecule has 0 aromatic heterocycles. The fraction of sp³-hybridized carbons (Fsp3) is 0.882. The molecule has 11 unspecified atom stereocenters. The summed E-state index contributed by atoms with van der Waals surface area (Å²) in [4.78, 5) is 3.17. The average Bonchev–Trinajstić information content (AvgIpc) is 3.08. The third-order valence-corrected chi connectivity index (χ3v) is 15.2. The third kappa shape index (κ3) is 2.27. The molecule has 5 saturated carbocycles. The van der Waals surface area contributed by atoms with Crippen molar-refractivity contribution in [2.24, 2.45) is 45.3 Å². The Hall–Kier alpha value is -0.780. The van der Waals surface area contributed by atoms with Crippen LogP contribution >= 0.6 is 0 Å². The van der Waals surface area contributed by atoms with E-state index in [1.807, 2.05) is 5.57 Å². The molecular formula is C34H49NO. The highest BCUT2D eigenvalue weighted by molar-refractivity contribution is 5.47. The molecule has 8 aliphatic rings. The van der Waals surface area contributed by atoms with Gasteiger partial charge >= 0.3 is 0 Å². The van der Waals surface area contributed by atoms with Crippen LogP contribution in [0.15, 0.2) is 11.1 Å². The van der Waals surface area contributed by atoms with Crippen LogP contribution < -0.4 is 0 Å². The summed E-state index contributed by atoms with van der Waals surface area (Å²) in [6.45, 7) is 9.74. The molecule has 0 aromatic carbocycles. The van der Waals surface area contributed by atoms with Gasteiger partial charge in [-0.15, -0.1) is 11.8 Å². The zero-order chi connectivity index (χ0) is 24.6. The van der Waals surface area contributed by atoms with Crippen LogP contribution in [0.25, 0.3) is 0 Å². The lowest BCUT2D eigenvalue weighted by molar-refractivity contribution is -0.232. The van der Waals surface area contributed by atoms with Crippen LogP contribution in [0.4, 0.5) is 0 Å². The summed E-state index contributed by atoms with van der Waals surface area (Å²) in [5, 5.41) is 9.59. The van der Waals surface area contributed by atoms with Gasteiger partial charge in [0, 0.05) is 48.4 Å². The van der Waals surface area contributed by atoms with Gasteiger partial charge in [0.1, 0.15) is 0 Å². The second kappa shape index (κ2) is 7.24. The first-order chi connectivity index (χ1) is 17.4. The first-order valence-electron chi connectivity index (χ1n) is 15.9. The monoisotopic (exact) mass is 487 g/mol. The summed E-state index contributed by atoms with van der Waals surface area (Å²) in [5.74, 6) is 11.2. The number of fused-ring (bicyclic) bond motifs is 1. The molecule has 2 aliphatic heterocycles. The first-order valence-corrected chi connectivity index (χ1v) is 15.9. The first kappa shape index (κ1) is 23.1. The largest absolute Gasteiger partial charge is 0.396 e. The van der Waals surface area contributed by atoms with Crippen LogP contribution in [0.1, 0.15) is 117 Å². The fourth-order valence-electron chi connectivity index (χ4n) is 14.1. The van der Waals surface area contributed by atoms with Gasteiger partial charge in [-0.1, -0.05) is 31.4 Å². The van der Waals surface area contributed by atoms with Crippen LogP contribution in [0.3, 0.4) is 0 Å². The van der Waals surface area contributed by atoms with Crippen molar-refractivity contribution in [2.75, 3.05) is 13.2 Å². The number of allylic oxidation sites excluding steroid dienone is 2. The van der Waals surface area contributed by atoms with Crippen molar-refractivity contribution >= 4 is 0 Å². The Balaban J connectivity index is 1.33. The van der Waals surface area contributed by atoms with E-state index in [0.29, 0.717) is 33.8 Å². The molecule has 1 saturated heterocycles. The molecule has 4 spiro atoms. The molecular weight excluding hydrogens is 438 g/mol. The molecule has 36 heavy (non-hydrogen) atoms. The van der Waals surface area contributed by atoms with Gasteiger partial charge in [-0.05, 0) is 118 Å². The molecule has 2 nitrogen and oxygen atoms in total. The zero-order valence-corrected chi connectivity index (χ0v) is 23.3. The SMILES string of the molecule is CC1=C2CC34C5CCC6CCCC63CC(C)C2(CC1)C4(C)CC#CCC1C(CCCO)CCC12CN52. The van der Waals surface area contributed by atoms with E-state index in [-0.39, 0.29) is 0 Å². The lowest BCUT2D eigenvalue weighted by Crippen LogP contribution is -2.69. The Morgan fingerprint density at radius 3 is 2.83 bits per heavy atom. The minimum atomic E-state index is 0.330. The average molecular weight is 488 g/mol. The second-order valence-electron chi connectivity index (χ2n) is 15.4. The highest BCUT2D eigenvalue weighted by Crippen LogP contribution is 2.88. The molecule has 0 aromatic rings. The van der Waals surface area contributed by atoms with Crippen LogP contribution in [0.5, 0.6) is 0 Å². The Morgan fingerprint density at radius 2 is 1.97 bits per heavy atom. The lowest BCUT2D eigenvalue weighted by Gasteiger charge is -2.71. The number of aliphatic hydroxyl groups excluding tert-OH is 1. The maximum Gasteiger partial charge on any atom is 0.0431 e. The van der Waals surface area contributed by atoms with Gasteiger partial charge in [0.05, 0.1) is 0 Å². The molecule has 11 atom stereocenters. The van der Waals surface area contributed by atoms with E-state index in [2.05, 4.69) is 37.5 Å². The van der Waals surface area contributed by atoms with Crippen molar-refractivity contribution in [3.05, 3.63) is 11.1 Å². The van der Waals surface area contributed by atoms with Gasteiger partial charge in [-0.3, -0.25) is 4.90 Å².